The van der Waals surface area contributed by atoms with E-state index in [-0.39, 0.29) is 41.1 Å². The van der Waals surface area contributed by atoms with Gasteiger partial charge in [0.2, 0.25) is 0 Å². The molecule has 3 aliphatic carbocycles. The molecular formula is C32H41Cl2Zr. The van der Waals surface area contributed by atoms with Crippen molar-refractivity contribution in [3.05, 3.63) is 80.8 Å². The summed E-state index contributed by atoms with van der Waals surface area (Å²) in [6.45, 7) is 19.1. The van der Waals surface area contributed by atoms with Gasteiger partial charge in [-0.25, -0.2) is 0 Å². The topological polar surface area (TPSA) is 0 Å². The molecule has 1 atom stereocenters. The molecule has 0 aromatic heterocycles. The first-order valence-corrected chi connectivity index (χ1v) is 14.1. The van der Waals surface area contributed by atoms with Crippen molar-refractivity contribution in [3.63, 3.8) is 0 Å². The van der Waals surface area contributed by atoms with E-state index < -0.39 is 0 Å². The standard InChI is InChI=1S/C32H41.2ClH.Zr/c1-9-13-23-21-32(18-10-2,31(6,7)8)29(22-14-11-12-15-22)27-20-24-19-25(30(3,4)5)16-17-26(24)28(23)27;;;/h11-12,14,16-17,19,21H,9-10,13,15,18H2,1-8H3;2*1H;/q;;;+2/p-2. The first-order valence-electron chi connectivity index (χ1n) is 12.9. The van der Waals surface area contributed by atoms with Crippen molar-refractivity contribution >= 4 is 8.85 Å². The number of fused-ring (bicyclic) bond motifs is 2. The number of benzene rings is 1. The molecule has 4 rings (SSSR count). The zero-order valence-corrected chi connectivity index (χ0v) is 26.8. The van der Waals surface area contributed by atoms with Crippen molar-refractivity contribution in [2.24, 2.45) is 10.8 Å². The molecule has 0 radical (unpaired) electrons. The third kappa shape index (κ3) is 5.09. The second kappa shape index (κ2) is 11.0. The molecule has 35 heavy (non-hydrogen) atoms. The SMILES string of the molecule is CCCC1=CC(CCC)(C(C)(C)C)C(C2=CC=CC2)=C2[C]([Zr+2])=c3cc(C(C)(C)C)ccc3=C12.[Cl-].[Cl-]. The van der Waals surface area contributed by atoms with Crippen molar-refractivity contribution < 1.29 is 49.5 Å². The molecule has 1 aromatic rings. The molecule has 0 N–H and O–H groups in total. The molecular weight excluding hydrogens is 546 g/mol. The average Bonchev–Trinajstić information content (AvgIpc) is 3.34. The van der Waals surface area contributed by atoms with Crippen LogP contribution in [0, 0.1) is 10.8 Å². The molecule has 0 amide bonds. The second-order valence-corrected chi connectivity index (χ2v) is 13.5. The Balaban J connectivity index is 0.00000216. The van der Waals surface area contributed by atoms with E-state index >= 15 is 0 Å². The van der Waals surface area contributed by atoms with E-state index in [0.29, 0.717) is 0 Å². The normalized spacial score (nSPS) is 21.3. The van der Waals surface area contributed by atoms with Crippen LogP contribution < -0.4 is 35.3 Å². The van der Waals surface area contributed by atoms with Crippen LogP contribution in [-0.2, 0) is 30.1 Å². The molecule has 0 aliphatic heterocycles. The van der Waals surface area contributed by atoms with Gasteiger partial charge in [0, 0.05) is 0 Å². The van der Waals surface area contributed by atoms with Crippen LogP contribution in [0.25, 0.3) is 8.85 Å². The zero-order chi connectivity index (χ0) is 24.2. The van der Waals surface area contributed by atoms with Crippen LogP contribution in [0.5, 0.6) is 0 Å². The van der Waals surface area contributed by atoms with Gasteiger partial charge < -0.3 is 24.8 Å². The molecule has 3 heteroatoms. The van der Waals surface area contributed by atoms with Crippen LogP contribution in [0.2, 0.25) is 0 Å². The summed E-state index contributed by atoms with van der Waals surface area (Å²) < 4.78 is 1.58. The number of hydrogen-bond acceptors (Lipinski definition) is 0. The van der Waals surface area contributed by atoms with Gasteiger partial charge in [0.05, 0.1) is 0 Å². The Labute approximate surface area is 241 Å². The Hall–Kier alpha value is -0.617. The fraction of sp³-hybridized carbons (Fsp3) is 0.500. The third-order valence-corrected chi connectivity index (χ3v) is 9.23. The second-order valence-electron chi connectivity index (χ2n) is 12.2. The maximum atomic E-state index is 2.74. The van der Waals surface area contributed by atoms with E-state index in [0.717, 1.165) is 12.8 Å². The first-order chi connectivity index (χ1) is 15.5. The minimum absolute atomic E-state index is 0. The Morgan fingerprint density at radius 3 is 2.11 bits per heavy atom. The van der Waals surface area contributed by atoms with Gasteiger partial charge >= 0.3 is 218 Å². The number of rotatable bonds is 5. The van der Waals surface area contributed by atoms with Gasteiger partial charge in [0.1, 0.15) is 0 Å². The van der Waals surface area contributed by atoms with Crippen LogP contribution >= 0.6 is 0 Å². The van der Waals surface area contributed by atoms with Gasteiger partial charge in [0.25, 0.3) is 0 Å². The molecule has 1 unspecified atom stereocenters. The summed E-state index contributed by atoms with van der Waals surface area (Å²) in [4.78, 5) is 0. The van der Waals surface area contributed by atoms with Crippen molar-refractivity contribution in [3.8, 4) is 0 Å². The predicted molar refractivity (Wildman–Crippen MR) is 140 cm³/mol. The minimum Gasteiger partial charge on any atom is -1.00 e. The van der Waals surface area contributed by atoms with Gasteiger partial charge in [0.15, 0.2) is 0 Å². The summed E-state index contributed by atoms with van der Waals surface area (Å²) in [7, 11) is 0. The summed E-state index contributed by atoms with van der Waals surface area (Å²) in [5.41, 5.74) is 9.75. The van der Waals surface area contributed by atoms with Gasteiger partial charge in [-0.15, -0.1) is 0 Å². The van der Waals surface area contributed by atoms with E-state index in [2.05, 4.69) is 97.9 Å². The van der Waals surface area contributed by atoms with E-state index in [1.165, 1.54) is 60.0 Å². The van der Waals surface area contributed by atoms with Crippen LogP contribution in [0.4, 0.5) is 0 Å². The Bertz CT molecular complexity index is 1230. The molecule has 3 aliphatic rings. The largest absolute Gasteiger partial charge is 1.00 e. The van der Waals surface area contributed by atoms with Crippen LogP contribution in [0.3, 0.4) is 0 Å². The Morgan fingerprint density at radius 1 is 0.914 bits per heavy atom. The number of hydrogen-bond donors (Lipinski definition) is 0. The average molecular weight is 588 g/mol. The minimum atomic E-state index is 0. The summed E-state index contributed by atoms with van der Waals surface area (Å²) in [6.07, 6.45) is 15.6. The van der Waals surface area contributed by atoms with Gasteiger partial charge in [-0.05, 0) is 0 Å². The molecule has 0 nitrogen and oxygen atoms in total. The molecule has 0 heterocycles. The first kappa shape index (κ1) is 30.6. The van der Waals surface area contributed by atoms with Crippen LogP contribution in [0.15, 0.2) is 64.8 Å². The van der Waals surface area contributed by atoms with Crippen molar-refractivity contribution in [1.29, 1.82) is 0 Å². The van der Waals surface area contributed by atoms with Gasteiger partial charge in [-0.1, -0.05) is 0 Å². The molecule has 187 valence electrons. The maximum absolute atomic E-state index is 2.74. The molecule has 0 saturated carbocycles. The van der Waals surface area contributed by atoms with Crippen LogP contribution in [0.1, 0.15) is 93.1 Å². The Morgan fingerprint density at radius 2 is 1.60 bits per heavy atom. The van der Waals surface area contributed by atoms with Gasteiger partial charge in [-0.3, -0.25) is 0 Å². The predicted octanol–water partition coefficient (Wildman–Crippen LogP) is 1.57. The molecule has 0 bridgehead atoms. The van der Waals surface area contributed by atoms with Crippen molar-refractivity contribution in [1.82, 2.24) is 0 Å². The van der Waals surface area contributed by atoms with E-state index in [1.54, 1.807) is 31.1 Å². The van der Waals surface area contributed by atoms with E-state index in [4.69, 9.17) is 0 Å². The monoisotopic (exact) mass is 585 g/mol. The smallest absolute Gasteiger partial charge is 1.00 e. The fourth-order valence-electron chi connectivity index (χ4n) is 6.18. The molecule has 0 saturated heterocycles. The molecule has 1 aromatic carbocycles. The maximum Gasteiger partial charge on any atom is -1.00 e. The summed E-state index contributed by atoms with van der Waals surface area (Å²) in [6, 6.07) is 7.34. The Kier molecular flexibility index (Phi) is 9.63. The van der Waals surface area contributed by atoms with Crippen molar-refractivity contribution in [2.75, 3.05) is 0 Å². The summed E-state index contributed by atoms with van der Waals surface area (Å²) in [5, 5.41) is 2.98. The number of halogens is 2. The summed E-state index contributed by atoms with van der Waals surface area (Å²) in [5.74, 6) is 0. The molecule has 0 fully saturated rings. The van der Waals surface area contributed by atoms with E-state index in [1.807, 2.05) is 0 Å². The zero-order valence-electron chi connectivity index (χ0n) is 22.8. The molecule has 0 spiro atoms. The van der Waals surface area contributed by atoms with Crippen LogP contribution in [-0.4, -0.2) is 0 Å². The van der Waals surface area contributed by atoms with Gasteiger partial charge in [-0.2, -0.15) is 0 Å². The third-order valence-electron chi connectivity index (χ3n) is 7.96. The van der Waals surface area contributed by atoms with Crippen molar-refractivity contribution in [2.45, 2.75) is 92.9 Å². The fourth-order valence-corrected chi connectivity index (χ4v) is 7.31. The number of allylic oxidation sites excluding steroid dienone is 8. The van der Waals surface area contributed by atoms with E-state index in [9.17, 15) is 0 Å². The summed E-state index contributed by atoms with van der Waals surface area (Å²) >= 11 is 1.54. The quantitative estimate of drug-likeness (QED) is 0.491.